The minimum atomic E-state index is 0.0195. The first kappa shape index (κ1) is 17.2. The monoisotopic (exact) mass is 387 g/mol. The molecule has 3 aromatic heterocycles. The van der Waals surface area contributed by atoms with Crippen molar-refractivity contribution in [3.05, 3.63) is 46.9 Å². The van der Waals surface area contributed by atoms with Crippen molar-refractivity contribution in [2.75, 3.05) is 24.5 Å². The molecule has 1 saturated heterocycles. The maximum absolute atomic E-state index is 12.5. The average Bonchev–Trinajstić information content (AvgIpc) is 3.42. The molecule has 136 valence electrons. The number of rotatable bonds is 6. The normalized spacial score (nSPS) is 17.4. The molecule has 0 bridgehead atoms. The Labute approximate surface area is 160 Å². The third-order valence-corrected chi connectivity index (χ3v) is 6.48. The van der Waals surface area contributed by atoms with E-state index in [-0.39, 0.29) is 11.8 Å². The van der Waals surface area contributed by atoms with Crippen LogP contribution in [0.3, 0.4) is 0 Å². The molecule has 1 amide bonds. The molecule has 26 heavy (non-hydrogen) atoms. The Morgan fingerprint density at radius 3 is 2.88 bits per heavy atom. The summed E-state index contributed by atoms with van der Waals surface area (Å²) in [5.74, 6) is 0.174. The van der Waals surface area contributed by atoms with Crippen molar-refractivity contribution in [3.63, 3.8) is 0 Å². The summed E-state index contributed by atoms with van der Waals surface area (Å²) in [6, 6.07) is 8.10. The van der Waals surface area contributed by atoms with Crippen LogP contribution < -0.4 is 10.2 Å². The van der Waals surface area contributed by atoms with Crippen molar-refractivity contribution >= 4 is 33.7 Å². The number of hydrogen-bond donors (Lipinski definition) is 1. The van der Waals surface area contributed by atoms with Gasteiger partial charge in [-0.2, -0.15) is 0 Å². The van der Waals surface area contributed by atoms with E-state index in [1.165, 1.54) is 4.88 Å². The number of nitrogens with zero attached hydrogens (tertiary/aromatic N) is 4. The summed E-state index contributed by atoms with van der Waals surface area (Å²) in [4.78, 5) is 16.0. The van der Waals surface area contributed by atoms with Gasteiger partial charge in [-0.1, -0.05) is 17.4 Å². The smallest absolute Gasteiger partial charge is 0.224 e. The van der Waals surface area contributed by atoms with Crippen molar-refractivity contribution in [2.24, 2.45) is 5.92 Å². The second-order valence-electron chi connectivity index (χ2n) is 6.36. The van der Waals surface area contributed by atoms with Crippen molar-refractivity contribution in [1.82, 2.24) is 20.1 Å². The molecule has 1 unspecified atom stereocenters. The summed E-state index contributed by atoms with van der Waals surface area (Å²) in [6.45, 7) is 2.34. The molecule has 1 aliphatic rings. The number of amides is 1. The zero-order valence-electron chi connectivity index (χ0n) is 14.4. The molecule has 8 heteroatoms. The fourth-order valence-electron chi connectivity index (χ4n) is 3.18. The highest BCUT2D eigenvalue weighted by Crippen LogP contribution is 2.27. The van der Waals surface area contributed by atoms with Gasteiger partial charge >= 0.3 is 0 Å². The molecule has 1 aliphatic heterocycles. The van der Waals surface area contributed by atoms with Crippen LogP contribution in [0.2, 0.25) is 0 Å². The molecule has 0 aromatic carbocycles. The van der Waals surface area contributed by atoms with E-state index in [1.807, 2.05) is 35.2 Å². The Hall–Kier alpha value is -2.19. The fraction of sp³-hybridized carbons (Fsp3) is 0.389. The van der Waals surface area contributed by atoms with E-state index in [9.17, 15) is 4.79 Å². The molecular formula is C18H21N5OS2. The van der Waals surface area contributed by atoms with Gasteiger partial charge in [0.2, 0.25) is 16.2 Å². The van der Waals surface area contributed by atoms with Gasteiger partial charge in [0.05, 0.1) is 5.92 Å². The Balaban J connectivity index is 1.33. The number of carbonyl (C=O) groups excluding carboxylic acids is 1. The highest BCUT2D eigenvalue weighted by molar-refractivity contribution is 7.17. The second-order valence-corrected chi connectivity index (χ2v) is 8.33. The topological polar surface area (TPSA) is 63.1 Å². The Bertz CT molecular complexity index is 828. The van der Waals surface area contributed by atoms with Gasteiger partial charge in [0.25, 0.3) is 0 Å². The van der Waals surface area contributed by atoms with Crippen LogP contribution in [0.5, 0.6) is 0 Å². The fourth-order valence-corrected chi connectivity index (χ4v) is 4.73. The molecule has 0 aliphatic carbocycles. The second kappa shape index (κ2) is 8.01. The summed E-state index contributed by atoms with van der Waals surface area (Å²) >= 11 is 3.30. The maximum Gasteiger partial charge on any atom is 0.224 e. The number of anilines is 1. The first-order chi connectivity index (χ1) is 12.8. The zero-order valence-corrected chi connectivity index (χ0v) is 16.0. The van der Waals surface area contributed by atoms with Crippen molar-refractivity contribution in [3.8, 4) is 5.13 Å². The number of carbonyl (C=O) groups is 1. The van der Waals surface area contributed by atoms with E-state index in [4.69, 9.17) is 0 Å². The van der Waals surface area contributed by atoms with Crippen LogP contribution in [0.25, 0.3) is 5.13 Å². The van der Waals surface area contributed by atoms with E-state index in [2.05, 4.69) is 31.9 Å². The van der Waals surface area contributed by atoms with Crippen molar-refractivity contribution in [1.29, 1.82) is 0 Å². The summed E-state index contributed by atoms with van der Waals surface area (Å²) < 4.78 is 1.96. The molecule has 0 spiro atoms. The number of nitrogens with one attached hydrogen (secondary N) is 1. The van der Waals surface area contributed by atoms with Gasteiger partial charge < -0.3 is 10.2 Å². The van der Waals surface area contributed by atoms with Gasteiger partial charge in [-0.25, -0.2) is 0 Å². The van der Waals surface area contributed by atoms with E-state index in [0.717, 1.165) is 36.1 Å². The Morgan fingerprint density at radius 1 is 1.23 bits per heavy atom. The molecule has 6 nitrogen and oxygen atoms in total. The Morgan fingerprint density at radius 2 is 2.08 bits per heavy atom. The maximum atomic E-state index is 12.5. The average molecular weight is 388 g/mol. The van der Waals surface area contributed by atoms with Gasteiger partial charge in [0, 0.05) is 36.9 Å². The van der Waals surface area contributed by atoms with Gasteiger partial charge in [-0.3, -0.25) is 9.36 Å². The molecule has 1 fully saturated rings. The van der Waals surface area contributed by atoms with E-state index in [1.54, 1.807) is 22.7 Å². The minimum absolute atomic E-state index is 0.0195. The first-order valence-electron chi connectivity index (χ1n) is 8.81. The third-order valence-electron chi connectivity index (χ3n) is 4.54. The number of piperidine rings is 1. The first-order valence-corrected chi connectivity index (χ1v) is 10.5. The van der Waals surface area contributed by atoms with Gasteiger partial charge in [-0.05, 0) is 42.8 Å². The predicted molar refractivity (Wildman–Crippen MR) is 105 cm³/mol. The van der Waals surface area contributed by atoms with Gasteiger partial charge in [-0.15, -0.1) is 21.5 Å². The molecule has 0 radical (unpaired) electrons. The number of thiophene rings is 1. The van der Waals surface area contributed by atoms with Crippen LogP contribution in [0.15, 0.2) is 42.0 Å². The molecule has 4 rings (SSSR count). The lowest BCUT2D eigenvalue weighted by Gasteiger charge is -2.31. The quantitative estimate of drug-likeness (QED) is 0.706. The van der Waals surface area contributed by atoms with Crippen LogP contribution in [-0.4, -0.2) is 40.3 Å². The molecule has 0 saturated carbocycles. The highest BCUT2D eigenvalue weighted by atomic mass is 32.1. The van der Waals surface area contributed by atoms with Gasteiger partial charge in [0.15, 0.2) is 0 Å². The molecule has 3 aromatic rings. The van der Waals surface area contributed by atoms with Crippen molar-refractivity contribution in [2.45, 2.75) is 19.3 Å². The SMILES string of the molecule is O=C(NCCc1cccs1)C1CCCN(c2nnc(-n3cccc3)s2)C1. The lowest BCUT2D eigenvalue weighted by Crippen LogP contribution is -2.43. The molecule has 1 N–H and O–H groups in total. The Kier molecular flexibility index (Phi) is 5.31. The molecule has 1 atom stereocenters. The van der Waals surface area contributed by atoms with Gasteiger partial charge in [0.1, 0.15) is 0 Å². The van der Waals surface area contributed by atoms with Crippen LogP contribution in [0.4, 0.5) is 5.13 Å². The van der Waals surface area contributed by atoms with E-state index < -0.39 is 0 Å². The molecule has 4 heterocycles. The lowest BCUT2D eigenvalue weighted by molar-refractivity contribution is -0.125. The van der Waals surface area contributed by atoms with E-state index in [0.29, 0.717) is 13.1 Å². The van der Waals surface area contributed by atoms with E-state index >= 15 is 0 Å². The summed E-state index contributed by atoms with van der Waals surface area (Å²) in [7, 11) is 0. The van der Waals surface area contributed by atoms with Crippen LogP contribution in [0, 0.1) is 5.92 Å². The predicted octanol–water partition coefficient (Wildman–Crippen LogP) is 2.97. The standard InChI is InChI=1S/C18H21N5OS2/c24-16(19-8-7-15-6-4-12-25-15)14-5-3-11-23(13-14)18-21-20-17(26-18)22-9-1-2-10-22/h1-2,4,6,9-10,12,14H,3,5,7-8,11,13H2,(H,19,24). The summed E-state index contributed by atoms with van der Waals surface area (Å²) in [5, 5.41) is 15.5. The number of hydrogen-bond acceptors (Lipinski definition) is 6. The summed E-state index contributed by atoms with van der Waals surface area (Å²) in [6.07, 6.45) is 6.76. The molecular weight excluding hydrogens is 366 g/mol. The van der Waals surface area contributed by atoms with Crippen molar-refractivity contribution < 1.29 is 4.79 Å². The third kappa shape index (κ3) is 3.96. The van der Waals surface area contributed by atoms with Crippen LogP contribution >= 0.6 is 22.7 Å². The number of aromatic nitrogens is 3. The highest BCUT2D eigenvalue weighted by Gasteiger charge is 2.27. The zero-order chi connectivity index (χ0) is 17.8. The lowest BCUT2D eigenvalue weighted by atomic mass is 9.97. The van der Waals surface area contributed by atoms with Crippen LogP contribution in [-0.2, 0) is 11.2 Å². The van der Waals surface area contributed by atoms with Crippen LogP contribution in [0.1, 0.15) is 17.7 Å². The largest absolute Gasteiger partial charge is 0.355 e. The minimum Gasteiger partial charge on any atom is -0.355 e. The summed E-state index contributed by atoms with van der Waals surface area (Å²) in [5.41, 5.74) is 0.